The van der Waals surface area contributed by atoms with Crippen LogP contribution in [0, 0.1) is 11.8 Å². The highest BCUT2D eigenvalue weighted by Gasteiger charge is 2.20. The van der Waals surface area contributed by atoms with Crippen molar-refractivity contribution in [2.24, 2.45) is 11.8 Å². The molecule has 0 amide bonds. The second-order valence-electron chi connectivity index (χ2n) is 6.66. The predicted octanol–water partition coefficient (Wildman–Crippen LogP) is 3.03. The summed E-state index contributed by atoms with van der Waals surface area (Å²) in [6.07, 6.45) is 6.17. The maximum Gasteiger partial charge on any atom is 0.225 e. The second-order valence-corrected chi connectivity index (χ2v) is 6.66. The average molecular weight is 288 g/mol. The molecule has 0 spiro atoms. The van der Waals surface area contributed by atoms with Gasteiger partial charge in [0.15, 0.2) is 0 Å². The molecule has 1 atom stereocenters. The summed E-state index contributed by atoms with van der Waals surface area (Å²) in [4.78, 5) is 11.4. The van der Waals surface area contributed by atoms with Gasteiger partial charge in [-0.2, -0.15) is 0 Å². The van der Waals surface area contributed by atoms with Gasteiger partial charge in [0.25, 0.3) is 0 Å². The molecule has 5 heteroatoms. The first-order chi connectivity index (χ1) is 10.0. The van der Waals surface area contributed by atoms with Crippen LogP contribution in [0.25, 0.3) is 10.9 Å². The molecule has 2 aromatic heterocycles. The zero-order valence-corrected chi connectivity index (χ0v) is 13.1. The number of fused-ring (bicyclic) bond motifs is 1. The number of rotatable bonds is 3. The minimum Gasteiger partial charge on any atom is -0.494 e. The fourth-order valence-electron chi connectivity index (χ4n) is 3.08. The molecule has 1 fully saturated rings. The van der Waals surface area contributed by atoms with Gasteiger partial charge in [-0.1, -0.05) is 20.8 Å². The summed E-state index contributed by atoms with van der Waals surface area (Å²) < 4.78 is 1.87. The Hall–Kier alpha value is -1.78. The van der Waals surface area contributed by atoms with Crippen LogP contribution in [0.2, 0.25) is 0 Å². The van der Waals surface area contributed by atoms with Crippen LogP contribution in [-0.4, -0.2) is 32.7 Å². The van der Waals surface area contributed by atoms with Gasteiger partial charge in [-0.3, -0.25) is 0 Å². The highest BCUT2D eigenvalue weighted by molar-refractivity contribution is 5.84. The minimum atomic E-state index is 0.275. The smallest absolute Gasteiger partial charge is 0.225 e. The third-order valence-corrected chi connectivity index (χ3v) is 4.10. The molecule has 5 nitrogen and oxygen atoms in total. The lowest BCUT2D eigenvalue weighted by molar-refractivity contribution is 0.399. The third kappa shape index (κ3) is 2.82. The molecule has 1 aliphatic rings. The fraction of sp³-hybridized carbons (Fsp3) is 0.625. The van der Waals surface area contributed by atoms with Gasteiger partial charge < -0.3 is 14.6 Å². The Kier molecular flexibility index (Phi) is 3.74. The van der Waals surface area contributed by atoms with Gasteiger partial charge in [0.05, 0.1) is 10.9 Å². The van der Waals surface area contributed by atoms with Gasteiger partial charge >= 0.3 is 0 Å². The molecule has 3 rings (SSSR count). The first-order valence-corrected chi connectivity index (χ1v) is 7.84. The van der Waals surface area contributed by atoms with Crippen LogP contribution in [0.15, 0.2) is 12.4 Å². The Balaban J connectivity index is 1.92. The van der Waals surface area contributed by atoms with Crippen molar-refractivity contribution in [2.75, 3.05) is 18.0 Å². The molecule has 0 saturated carbocycles. The van der Waals surface area contributed by atoms with Crippen molar-refractivity contribution in [3.8, 4) is 5.88 Å². The van der Waals surface area contributed by atoms with Gasteiger partial charge in [0.2, 0.25) is 11.8 Å². The number of hydrogen-bond acceptors (Lipinski definition) is 4. The van der Waals surface area contributed by atoms with E-state index in [1.54, 1.807) is 6.20 Å². The molecule has 21 heavy (non-hydrogen) atoms. The van der Waals surface area contributed by atoms with Gasteiger partial charge in [-0.15, -0.1) is 0 Å². The van der Waals surface area contributed by atoms with E-state index in [0.717, 1.165) is 36.5 Å². The molecule has 1 aliphatic heterocycles. The quantitative estimate of drug-likeness (QED) is 0.943. The lowest BCUT2D eigenvalue weighted by Gasteiger charge is -2.30. The van der Waals surface area contributed by atoms with Crippen molar-refractivity contribution in [3.05, 3.63) is 12.4 Å². The van der Waals surface area contributed by atoms with Crippen LogP contribution in [-0.2, 0) is 6.54 Å². The summed E-state index contributed by atoms with van der Waals surface area (Å²) in [6.45, 7) is 9.37. The maximum atomic E-state index is 10.3. The number of nitrogens with zero attached hydrogens (tertiary/aromatic N) is 4. The first kappa shape index (κ1) is 14.2. The van der Waals surface area contributed by atoms with Crippen LogP contribution in [0.5, 0.6) is 5.88 Å². The number of aromatic hydroxyl groups is 1. The van der Waals surface area contributed by atoms with E-state index < -0.39 is 0 Å². The van der Waals surface area contributed by atoms with E-state index in [2.05, 4.69) is 35.6 Å². The summed E-state index contributed by atoms with van der Waals surface area (Å²) >= 11 is 0. The third-order valence-electron chi connectivity index (χ3n) is 4.10. The van der Waals surface area contributed by atoms with E-state index in [1.165, 1.54) is 12.8 Å². The summed E-state index contributed by atoms with van der Waals surface area (Å²) in [7, 11) is 0. The molecule has 1 unspecified atom stereocenters. The Bertz CT molecular complexity index is 634. The zero-order chi connectivity index (χ0) is 15.0. The fourth-order valence-corrected chi connectivity index (χ4v) is 3.08. The lowest BCUT2D eigenvalue weighted by Crippen LogP contribution is -2.35. The monoisotopic (exact) mass is 288 g/mol. The highest BCUT2D eigenvalue weighted by atomic mass is 16.3. The van der Waals surface area contributed by atoms with Crippen molar-refractivity contribution in [2.45, 2.75) is 40.2 Å². The maximum absolute atomic E-state index is 10.3. The zero-order valence-electron chi connectivity index (χ0n) is 13.1. The average Bonchev–Trinajstić information content (AvgIpc) is 2.74. The number of aromatic nitrogens is 3. The van der Waals surface area contributed by atoms with Gasteiger partial charge in [-0.25, -0.2) is 9.97 Å². The first-order valence-electron chi connectivity index (χ1n) is 7.84. The van der Waals surface area contributed by atoms with Gasteiger partial charge in [-0.05, 0) is 24.7 Å². The second kappa shape index (κ2) is 5.54. The number of hydrogen-bond donors (Lipinski definition) is 1. The summed E-state index contributed by atoms with van der Waals surface area (Å²) in [6, 6.07) is 0. The lowest BCUT2D eigenvalue weighted by atomic mass is 10.0. The normalized spacial score (nSPS) is 19.6. The summed E-state index contributed by atoms with van der Waals surface area (Å²) in [5, 5.41) is 11.0. The van der Waals surface area contributed by atoms with Crippen molar-refractivity contribution < 1.29 is 5.11 Å². The molecule has 1 N–H and O–H groups in total. The van der Waals surface area contributed by atoms with E-state index in [9.17, 15) is 5.11 Å². The Morgan fingerprint density at radius 1 is 1.43 bits per heavy atom. The molecule has 0 aliphatic carbocycles. The molecular formula is C16H24N4O. The van der Waals surface area contributed by atoms with Crippen molar-refractivity contribution in [3.63, 3.8) is 0 Å². The largest absolute Gasteiger partial charge is 0.494 e. The molecule has 0 radical (unpaired) electrons. The van der Waals surface area contributed by atoms with Crippen molar-refractivity contribution >= 4 is 16.9 Å². The Morgan fingerprint density at radius 3 is 2.95 bits per heavy atom. The van der Waals surface area contributed by atoms with E-state index in [-0.39, 0.29) is 5.88 Å². The summed E-state index contributed by atoms with van der Waals surface area (Å²) in [5.41, 5.74) is 0.830. The minimum absolute atomic E-state index is 0.275. The van der Waals surface area contributed by atoms with Crippen LogP contribution >= 0.6 is 0 Å². The van der Waals surface area contributed by atoms with Crippen LogP contribution < -0.4 is 4.90 Å². The van der Waals surface area contributed by atoms with Crippen LogP contribution in [0.3, 0.4) is 0 Å². The topological polar surface area (TPSA) is 54.2 Å². The molecule has 114 valence electrons. The van der Waals surface area contributed by atoms with Crippen molar-refractivity contribution in [1.82, 2.24) is 14.5 Å². The van der Waals surface area contributed by atoms with Gasteiger partial charge in [0, 0.05) is 32.0 Å². The van der Waals surface area contributed by atoms with E-state index in [0.29, 0.717) is 11.8 Å². The molecule has 3 heterocycles. The van der Waals surface area contributed by atoms with E-state index in [4.69, 9.17) is 0 Å². The SMILES string of the molecule is CC(C)Cn1cc2nc(N3CCCC(C)C3)ncc2c1O. The predicted molar refractivity (Wildman–Crippen MR) is 84.6 cm³/mol. The van der Waals surface area contributed by atoms with E-state index in [1.807, 2.05) is 10.8 Å². The highest BCUT2D eigenvalue weighted by Crippen LogP contribution is 2.28. The number of anilines is 1. The Labute approximate surface area is 125 Å². The molecule has 1 saturated heterocycles. The molecule has 0 aromatic carbocycles. The van der Waals surface area contributed by atoms with Crippen molar-refractivity contribution in [1.29, 1.82) is 0 Å². The van der Waals surface area contributed by atoms with Crippen LogP contribution in [0.4, 0.5) is 5.95 Å². The summed E-state index contributed by atoms with van der Waals surface area (Å²) in [5.74, 6) is 2.23. The standard InChI is InChI=1S/C16H24N4O/c1-11(2)8-20-10-14-13(15(20)21)7-17-16(18-14)19-6-4-5-12(3)9-19/h7,10-12,21H,4-6,8-9H2,1-3H3. The van der Waals surface area contributed by atoms with Gasteiger partial charge in [0.1, 0.15) is 0 Å². The molecular weight excluding hydrogens is 264 g/mol. The van der Waals surface area contributed by atoms with E-state index >= 15 is 0 Å². The molecule has 2 aromatic rings. The molecule has 0 bridgehead atoms. The number of piperidine rings is 1. The van der Waals surface area contributed by atoms with Crippen LogP contribution in [0.1, 0.15) is 33.6 Å². The Morgan fingerprint density at radius 2 is 2.24 bits per heavy atom.